The molecule has 0 aliphatic heterocycles. The van der Waals surface area contributed by atoms with E-state index in [0.717, 1.165) is 0 Å². The molecule has 5 heteroatoms. The third kappa shape index (κ3) is 4.24. The number of carbonyl (C=O) groups is 2. The minimum atomic E-state index is -0.177. The van der Waals surface area contributed by atoms with Crippen LogP contribution in [-0.2, 0) is 11.3 Å². The molecular formula is C15H14ClNO3. The van der Waals surface area contributed by atoms with Gasteiger partial charge in [0.2, 0.25) is 5.91 Å². The molecule has 1 amide bonds. The Bertz CT molecular complexity index is 576. The summed E-state index contributed by atoms with van der Waals surface area (Å²) >= 11 is 5.75. The molecule has 0 saturated heterocycles. The van der Waals surface area contributed by atoms with Gasteiger partial charge in [0.15, 0.2) is 5.78 Å². The van der Waals surface area contributed by atoms with Gasteiger partial charge in [0.05, 0.1) is 12.8 Å². The van der Waals surface area contributed by atoms with E-state index >= 15 is 0 Å². The zero-order valence-corrected chi connectivity index (χ0v) is 11.5. The topological polar surface area (TPSA) is 59.3 Å². The molecule has 0 unspecified atom stereocenters. The number of benzene rings is 1. The number of nitrogens with one attached hydrogen (secondary N) is 1. The van der Waals surface area contributed by atoms with Gasteiger partial charge in [-0.15, -0.1) is 0 Å². The van der Waals surface area contributed by atoms with E-state index in [9.17, 15) is 9.59 Å². The van der Waals surface area contributed by atoms with E-state index in [-0.39, 0.29) is 24.5 Å². The van der Waals surface area contributed by atoms with Crippen molar-refractivity contribution < 1.29 is 14.0 Å². The fourth-order valence-electron chi connectivity index (χ4n) is 1.69. The van der Waals surface area contributed by atoms with Gasteiger partial charge in [0.25, 0.3) is 0 Å². The number of hydrogen-bond donors (Lipinski definition) is 1. The maximum Gasteiger partial charge on any atom is 0.220 e. The van der Waals surface area contributed by atoms with Gasteiger partial charge in [-0.25, -0.2) is 0 Å². The Kier molecular flexibility index (Phi) is 4.96. The Labute approximate surface area is 121 Å². The molecule has 0 radical (unpaired) electrons. The fraction of sp³-hybridized carbons (Fsp3) is 0.200. The van der Waals surface area contributed by atoms with Crippen LogP contribution in [0.2, 0.25) is 5.02 Å². The van der Waals surface area contributed by atoms with Crippen molar-refractivity contribution in [3.63, 3.8) is 0 Å². The second-order valence-electron chi connectivity index (χ2n) is 4.29. The second-order valence-corrected chi connectivity index (χ2v) is 4.72. The Morgan fingerprint density at radius 3 is 2.50 bits per heavy atom. The molecule has 2 aromatic rings. The maximum absolute atomic E-state index is 11.9. The molecule has 4 nitrogen and oxygen atoms in total. The van der Waals surface area contributed by atoms with Gasteiger partial charge in [0.1, 0.15) is 5.76 Å². The van der Waals surface area contributed by atoms with Crippen molar-refractivity contribution in [3.8, 4) is 0 Å². The highest BCUT2D eigenvalue weighted by Gasteiger charge is 2.09. The average Bonchev–Trinajstić information content (AvgIpc) is 2.96. The zero-order valence-electron chi connectivity index (χ0n) is 10.8. The van der Waals surface area contributed by atoms with Crippen LogP contribution in [0.1, 0.15) is 29.0 Å². The molecule has 2 rings (SSSR count). The smallest absolute Gasteiger partial charge is 0.220 e. The van der Waals surface area contributed by atoms with Crippen molar-refractivity contribution in [3.05, 3.63) is 59.0 Å². The van der Waals surface area contributed by atoms with Crippen LogP contribution in [0.5, 0.6) is 0 Å². The molecule has 0 spiro atoms. The third-order valence-electron chi connectivity index (χ3n) is 2.79. The van der Waals surface area contributed by atoms with E-state index in [4.69, 9.17) is 16.0 Å². The lowest BCUT2D eigenvalue weighted by Crippen LogP contribution is -2.23. The molecule has 0 aliphatic rings. The zero-order chi connectivity index (χ0) is 14.4. The Morgan fingerprint density at radius 2 is 1.85 bits per heavy atom. The standard InChI is InChI=1S/C15H14ClNO3/c16-12-5-3-11(4-6-12)14(18)7-8-15(19)17-10-13-2-1-9-20-13/h1-6,9H,7-8,10H2,(H,17,19). The van der Waals surface area contributed by atoms with Crippen molar-refractivity contribution in [1.29, 1.82) is 0 Å². The highest BCUT2D eigenvalue weighted by molar-refractivity contribution is 6.30. The van der Waals surface area contributed by atoms with Crippen LogP contribution in [0.15, 0.2) is 47.1 Å². The average molecular weight is 292 g/mol. The lowest BCUT2D eigenvalue weighted by atomic mass is 10.1. The Hall–Kier alpha value is -2.07. The molecule has 0 saturated carbocycles. The molecule has 1 N–H and O–H groups in total. The number of ketones is 1. The van der Waals surface area contributed by atoms with Gasteiger partial charge >= 0.3 is 0 Å². The summed E-state index contributed by atoms with van der Waals surface area (Å²) in [6.07, 6.45) is 1.87. The molecule has 0 aliphatic carbocycles. The van der Waals surface area contributed by atoms with Crippen LogP contribution in [0, 0.1) is 0 Å². The molecule has 0 fully saturated rings. The summed E-state index contributed by atoms with van der Waals surface area (Å²) in [5, 5.41) is 3.28. The minimum absolute atomic E-state index is 0.0742. The van der Waals surface area contributed by atoms with E-state index in [2.05, 4.69) is 5.32 Å². The first-order valence-corrected chi connectivity index (χ1v) is 6.61. The molecular weight excluding hydrogens is 278 g/mol. The molecule has 20 heavy (non-hydrogen) atoms. The first kappa shape index (κ1) is 14.3. The van der Waals surface area contributed by atoms with E-state index in [1.807, 2.05) is 0 Å². The van der Waals surface area contributed by atoms with E-state index in [1.165, 1.54) is 0 Å². The number of hydrogen-bond acceptors (Lipinski definition) is 3. The number of furan rings is 1. The fourth-order valence-corrected chi connectivity index (χ4v) is 1.82. The molecule has 104 valence electrons. The number of carbonyl (C=O) groups excluding carboxylic acids is 2. The SMILES string of the molecule is O=C(CCC(=O)c1ccc(Cl)cc1)NCc1ccco1. The van der Waals surface area contributed by atoms with E-state index in [1.54, 1.807) is 42.7 Å². The van der Waals surface area contributed by atoms with Gasteiger partial charge in [0, 0.05) is 23.4 Å². The largest absolute Gasteiger partial charge is 0.467 e. The van der Waals surface area contributed by atoms with Crippen molar-refractivity contribution in [2.24, 2.45) is 0 Å². The summed E-state index contributed by atoms with van der Waals surface area (Å²) in [6, 6.07) is 10.2. The van der Waals surface area contributed by atoms with Gasteiger partial charge < -0.3 is 9.73 Å². The van der Waals surface area contributed by atoms with Crippen LogP contribution in [0.4, 0.5) is 0 Å². The Morgan fingerprint density at radius 1 is 1.10 bits per heavy atom. The highest BCUT2D eigenvalue weighted by atomic mass is 35.5. The van der Waals surface area contributed by atoms with Gasteiger partial charge in [-0.05, 0) is 36.4 Å². The van der Waals surface area contributed by atoms with Crippen LogP contribution in [0.3, 0.4) is 0 Å². The quantitative estimate of drug-likeness (QED) is 0.831. The minimum Gasteiger partial charge on any atom is -0.467 e. The van der Waals surface area contributed by atoms with Crippen LogP contribution < -0.4 is 5.32 Å². The highest BCUT2D eigenvalue weighted by Crippen LogP contribution is 2.11. The number of Topliss-reactive ketones (excluding diaryl/α,β-unsaturated/α-hetero) is 1. The summed E-state index contributed by atoms with van der Waals surface area (Å²) in [5.74, 6) is 0.431. The summed E-state index contributed by atoms with van der Waals surface area (Å²) in [5.41, 5.74) is 0.563. The molecule has 0 atom stereocenters. The first-order chi connectivity index (χ1) is 9.65. The summed E-state index contributed by atoms with van der Waals surface area (Å²) in [7, 11) is 0. The van der Waals surface area contributed by atoms with E-state index < -0.39 is 0 Å². The van der Waals surface area contributed by atoms with Crippen LogP contribution in [-0.4, -0.2) is 11.7 Å². The Balaban J connectivity index is 1.75. The van der Waals surface area contributed by atoms with Gasteiger partial charge in [-0.2, -0.15) is 0 Å². The predicted octanol–water partition coefficient (Wildman–Crippen LogP) is 3.21. The van der Waals surface area contributed by atoms with Crippen molar-refractivity contribution >= 4 is 23.3 Å². The maximum atomic E-state index is 11.9. The summed E-state index contributed by atoms with van der Waals surface area (Å²) < 4.78 is 5.10. The molecule has 1 aromatic heterocycles. The number of amides is 1. The predicted molar refractivity (Wildman–Crippen MR) is 75.6 cm³/mol. The number of halogens is 1. The second kappa shape index (κ2) is 6.91. The van der Waals surface area contributed by atoms with Gasteiger partial charge in [-0.3, -0.25) is 9.59 Å². The first-order valence-electron chi connectivity index (χ1n) is 6.23. The van der Waals surface area contributed by atoms with Crippen LogP contribution in [0.25, 0.3) is 0 Å². The molecule has 1 heterocycles. The van der Waals surface area contributed by atoms with Gasteiger partial charge in [-0.1, -0.05) is 11.6 Å². The molecule has 0 bridgehead atoms. The van der Waals surface area contributed by atoms with Crippen molar-refractivity contribution in [1.82, 2.24) is 5.32 Å². The normalized spacial score (nSPS) is 10.2. The molecule has 1 aromatic carbocycles. The van der Waals surface area contributed by atoms with Crippen LogP contribution >= 0.6 is 11.6 Å². The lowest BCUT2D eigenvalue weighted by Gasteiger charge is -2.03. The van der Waals surface area contributed by atoms with Crippen molar-refractivity contribution in [2.45, 2.75) is 19.4 Å². The lowest BCUT2D eigenvalue weighted by molar-refractivity contribution is -0.121. The van der Waals surface area contributed by atoms with Crippen molar-refractivity contribution in [2.75, 3.05) is 0 Å². The van der Waals surface area contributed by atoms with E-state index in [0.29, 0.717) is 22.9 Å². The summed E-state index contributed by atoms with van der Waals surface area (Å²) in [4.78, 5) is 23.5. The number of rotatable bonds is 6. The summed E-state index contributed by atoms with van der Waals surface area (Å²) in [6.45, 7) is 0.334. The monoisotopic (exact) mass is 291 g/mol. The third-order valence-corrected chi connectivity index (χ3v) is 3.04.